The summed E-state index contributed by atoms with van der Waals surface area (Å²) in [6, 6.07) is 0. The van der Waals surface area contributed by atoms with Crippen molar-refractivity contribution in [1.82, 2.24) is 0 Å². The topological polar surface area (TPSA) is 0 Å². The lowest BCUT2D eigenvalue weighted by atomic mass is 9.48. The summed E-state index contributed by atoms with van der Waals surface area (Å²) in [4.78, 5) is 0. The molecule has 18 heavy (non-hydrogen) atoms. The molecule has 1 atom stereocenters. The van der Waals surface area contributed by atoms with Crippen molar-refractivity contribution in [1.29, 1.82) is 0 Å². The van der Waals surface area contributed by atoms with E-state index in [0.717, 1.165) is 30.6 Å². The van der Waals surface area contributed by atoms with Crippen LogP contribution in [0.5, 0.6) is 0 Å². The van der Waals surface area contributed by atoms with Crippen LogP contribution in [0.3, 0.4) is 0 Å². The van der Waals surface area contributed by atoms with Crippen LogP contribution in [0.1, 0.15) is 71.6 Å². The quantitative estimate of drug-likeness (QED) is 0.617. The van der Waals surface area contributed by atoms with E-state index in [-0.39, 0.29) is 0 Å². The molecule has 1 unspecified atom stereocenters. The van der Waals surface area contributed by atoms with Crippen LogP contribution in [0.15, 0.2) is 0 Å². The Kier molecular flexibility index (Phi) is 3.45. The van der Waals surface area contributed by atoms with Crippen LogP contribution >= 0.6 is 0 Å². The first-order chi connectivity index (χ1) is 8.55. The van der Waals surface area contributed by atoms with Gasteiger partial charge >= 0.3 is 0 Å². The molecule has 4 aliphatic carbocycles. The van der Waals surface area contributed by atoms with Crippen LogP contribution in [-0.2, 0) is 0 Å². The summed E-state index contributed by atoms with van der Waals surface area (Å²) in [7, 11) is 0. The monoisotopic (exact) mass is 252 g/mol. The molecule has 0 heterocycles. The molecule has 4 aliphatic rings. The second kappa shape index (κ2) is 4.80. The molecule has 4 rings (SSSR count). The van der Waals surface area contributed by atoms with E-state index in [0.29, 0.717) is 11.3 Å². The van der Waals surface area contributed by atoms with Gasteiger partial charge in [-0.1, -0.05) is 13.8 Å². The molecule has 0 nitrogen and oxygen atoms in total. The largest absolute Gasteiger partial charge is 0.247 e. The molecule has 0 aromatic heterocycles. The van der Waals surface area contributed by atoms with Crippen LogP contribution in [0.25, 0.3) is 0 Å². The van der Waals surface area contributed by atoms with Crippen LogP contribution in [0.2, 0.25) is 0 Å². The van der Waals surface area contributed by atoms with Crippen LogP contribution in [0, 0.1) is 29.1 Å². The third-order valence-corrected chi connectivity index (χ3v) is 5.88. The molecule has 4 saturated carbocycles. The van der Waals surface area contributed by atoms with Gasteiger partial charge in [-0.05, 0) is 86.9 Å². The molecule has 104 valence electrons. The minimum Gasteiger partial charge on any atom is -0.247 e. The number of hydrogen-bond acceptors (Lipinski definition) is 0. The van der Waals surface area contributed by atoms with Gasteiger partial charge in [0, 0.05) is 0 Å². The third-order valence-electron chi connectivity index (χ3n) is 5.88. The van der Waals surface area contributed by atoms with E-state index < -0.39 is 6.17 Å². The van der Waals surface area contributed by atoms with Crippen LogP contribution in [0.4, 0.5) is 4.39 Å². The second-order valence-electron chi connectivity index (χ2n) is 8.18. The van der Waals surface area contributed by atoms with Crippen molar-refractivity contribution in [3.63, 3.8) is 0 Å². The zero-order valence-electron chi connectivity index (χ0n) is 12.1. The highest BCUT2D eigenvalue weighted by atomic mass is 19.1. The van der Waals surface area contributed by atoms with Crippen molar-refractivity contribution in [2.45, 2.75) is 77.8 Å². The standard InChI is InChI=1S/C17H29F/c1-12(2)5-16(18)3-4-17-9-13-6-14(10-17)8-15(7-13)11-17/h12-16H,3-11H2,1-2H3. The fourth-order valence-electron chi connectivity index (χ4n) is 5.69. The smallest absolute Gasteiger partial charge is 0.100 e. The van der Waals surface area contributed by atoms with E-state index in [1.54, 1.807) is 0 Å². The molecule has 4 bridgehead atoms. The van der Waals surface area contributed by atoms with Crippen molar-refractivity contribution in [3.05, 3.63) is 0 Å². The SMILES string of the molecule is CC(C)CC(F)CCC12CC3CC(CC(C3)C1)C2. The summed E-state index contributed by atoms with van der Waals surface area (Å²) in [5.41, 5.74) is 0.579. The van der Waals surface area contributed by atoms with Gasteiger partial charge in [-0.2, -0.15) is 0 Å². The Morgan fingerprint density at radius 1 is 1.00 bits per heavy atom. The van der Waals surface area contributed by atoms with Crippen LogP contribution in [-0.4, -0.2) is 6.17 Å². The zero-order valence-corrected chi connectivity index (χ0v) is 12.1. The average Bonchev–Trinajstić information content (AvgIpc) is 2.23. The van der Waals surface area contributed by atoms with Gasteiger partial charge in [-0.25, -0.2) is 4.39 Å². The highest BCUT2D eigenvalue weighted by Gasteiger charge is 2.50. The van der Waals surface area contributed by atoms with Gasteiger partial charge < -0.3 is 0 Å². The number of hydrogen-bond donors (Lipinski definition) is 0. The van der Waals surface area contributed by atoms with E-state index in [9.17, 15) is 4.39 Å². The average molecular weight is 252 g/mol. The Labute approximate surface area is 112 Å². The molecule has 0 aliphatic heterocycles. The van der Waals surface area contributed by atoms with Gasteiger partial charge in [-0.3, -0.25) is 0 Å². The van der Waals surface area contributed by atoms with Crippen molar-refractivity contribution in [3.8, 4) is 0 Å². The van der Waals surface area contributed by atoms with Crippen molar-refractivity contribution in [2.75, 3.05) is 0 Å². The first-order valence-corrected chi connectivity index (χ1v) is 8.19. The Morgan fingerprint density at radius 3 is 1.94 bits per heavy atom. The van der Waals surface area contributed by atoms with E-state index in [1.165, 1.54) is 44.9 Å². The first-order valence-electron chi connectivity index (χ1n) is 8.19. The van der Waals surface area contributed by atoms with Gasteiger partial charge in [0.15, 0.2) is 0 Å². The molecule has 0 aromatic rings. The molecular weight excluding hydrogens is 223 g/mol. The predicted molar refractivity (Wildman–Crippen MR) is 74.2 cm³/mol. The zero-order chi connectivity index (χ0) is 12.8. The normalized spacial score (nSPS) is 43.7. The number of alkyl halides is 1. The Balaban J connectivity index is 1.56. The second-order valence-corrected chi connectivity index (χ2v) is 8.18. The van der Waals surface area contributed by atoms with E-state index in [2.05, 4.69) is 13.8 Å². The molecule has 0 saturated heterocycles. The summed E-state index contributed by atoms with van der Waals surface area (Å²) in [6.45, 7) is 4.27. The maximum absolute atomic E-state index is 13.9. The van der Waals surface area contributed by atoms with E-state index in [4.69, 9.17) is 0 Å². The van der Waals surface area contributed by atoms with Crippen molar-refractivity contribution < 1.29 is 4.39 Å². The Bertz CT molecular complexity index is 259. The highest BCUT2D eigenvalue weighted by Crippen LogP contribution is 2.61. The predicted octanol–water partition coefficient (Wildman–Crippen LogP) is 5.37. The van der Waals surface area contributed by atoms with Gasteiger partial charge in [0.2, 0.25) is 0 Å². The lowest BCUT2D eigenvalue weighted by Crippen LogP contribution is -2.46. The molecule has 0 amide bonds. The van der Waals surface area contributed by atoms with Crippen molar-refractivity contribution in [2.24, 2.45) is 29.1 Å². The minimum absolute atomic E-state index is 0.511. The lowest BCUT2D eigenvalue weighted by molar-refractivity contribution is -0.0609. The van der Waals surface area contributed by atoms with Gasteiger partial charge in [0.25, 0.3) is 0 Å². The number of rotatable bonds is 5. The van der Waals surface area contributed by atoms with Gasteiger partial charge in [0.1, 0.15) is 6.17 Å². The molecule has 0 aromatic carbocycles. The summed E-state index contributed by atoms with van der Waals surface area (Å²) >= 11 is 0. The molecule has 4 fully saturated rings. The number of halogens is 1. The maximum Gasteiger partial charge on any atom is 0.100 e. The van der Waals surface area contributed by atoms with E-state index in [1.807, 2.05) is 0 Å². The molecule has 0 radical (unpaired) electrons. The van der Waals surface area contributed by atoms with Gasteiger partial charge in [0.05, 0.1) is 0 Å². The fourth-order valence-corrected chi connectivity index (χ4v) is 5.69. The Hall–Kier alpha value is -0.0700. The highest BCUT2D eigenvalue weighted by molar-refractivity contribution is 5.01. The third kappa shape index (κ3) is 2.60. The van der Waals surface area contributed by atoms with Gasteiger partial charge in [-0.15, -0.1) is 0 Å². The molecular formula is C17H29F. The first kappa shape index (κ1) is 12.9. The molecule has 1 heteroatoms. The summed E-state index contributed by atoms with van der Waals surface area (Å²) in [6.07, 6.45) is 11.1. The molecule has 0 N–H and O–H groups in total. The summed E-state index contributed by atoms with van der Waals surface area (Å²) in [5.74, 6) is 3.55. The van der Waals surface area contributed by atoms with Crippen molar-refractivity contribution >= 4 is 0 Å². The summed E-state index contributed by atoms with van der Waals surface area (Å²) in [5, 5.41) is 0. The maximum atomic E-state index is 13.9. The molecule has 0 spiro atoms. The lowest BCUT2D eigenvalue weighted by Gasteiger charge is -2.57. The minimum atomic E-state index is -0.544. The Morgan fingerprint density at radius 2 is 1.50 bits per heavy atom. The fraction of sp³-hybridized carbons (Fsp3) is 1.00. The van der Waals surface area contributed by atoms with E-state index >= 15 is 0 Å². The summed E-state index contributed by atoms with van der Waals surface area (Å²) < 4.78 is 13.9. The van der Waals surface area contributed by atoms with Crippen LogP contribution < -0.4 is 0 Å².